The molecule has 5 rings (SSSR count). The van der Waals surface area contributed by atoms with Gasteiger partial charge in [-0.2, -0.15) is 0 Å². The van der Waals surface area contributed by atoms with Crippen molar-refractivity contribution < 1.29 is 14.4 Å². The monoisotopic (exact) mass is 390 g/mol. The van der Waals surface area contributed by atoms with Crippen molar-refractivity contribution >= 4 is 17.7 Å². The van der Waals surface area contributed by atoms with Crippen LogP contribution in [0.3, 0.4) is 0 Å². The molecule has 1 atom stereocenters. The average molecular weight is 390 g/mol. The van der Waals surface area contributed by atoms with Crippen molar-refractivity contribution in [3.63, 3.8) is 0 Å². The summed E-state index contributed by atoms with van der Waals surface area (Å²) in [6.45, 7) is 3.67. The standard InChI is InChI=1S/C22H22N4O3/c27-19-14-24(10-9-23-19)13-15-5-7-16(8-6-15)21(28)25-11-12-26-20(25)17-3-1-2-4-18(17)22(26)29/h1-8,20H,9-14H2,(H,23,27). The summed E-state index contributed by atoms with van der Waals surface area (Å²) in [5.74, 6) is -0.0132. The molecule has 0 aromatic heterocycles. The van der Waals surface area contributed by atoms with E-state index in [0.29, 0.717) is 43.9 Å². The Balaban J connectivity index is 1.32. The Labute approximate surface area is 168 Å². The quantitative estimate of drug-likeness (QED) is 0.856. The molecule has 2 fully saturated rings. The summed E-state index contributed by atoms with van der Waals surface area (Å²) in [5.41, 5.74) is 3.28. The molecule has 2 aromatic rings. The SMILES string of the molecule is O=C1CN(Cc2ccc(C(=O)N3CCN4C(=O)c5ccccc5C34)cc2)CCN1. The number of piperazine rings is 1. The van der Waals surface area contributed by atoms with Crippen LogP contribution in [0.5, 0.6) is 0 Å². The maximum atomic E-state index is 13.2. The minimum absolute atomic E-state index is 0.00168. The first-order valence-electron chi connectivity index (χ1n) is 9.91. The molecule has 3 heterocycles. The van der Waals surface area contributed by atoms with E-state index in [1.54, 1.807) is 9.80 Å². The third-order valence-electron chi connectivity index (χ3n) is 5.89. The molecule has 29 heavy (non-hydrogen) atoms. The van der Waals surface area contributed by atoms with E-state index < -0.39 is 0 Å². The Morgan fingerprint density at radius 2 is 1.79 bits per heavy atom. The minimum Gasteiger partial charge on any atom is -0.354 e. The molecule has 3 aliphatic heterocycles. The van der Waals surface area contributed by atoms with Crippen molar-refractivity contribution in [2.75, 3.05) is 32.7 Å². The van der Waals surface area contributed by atoms with Gasteiger partial charge < -0.3 is 15.1 Å². The van der Waals surface area contributed by atoms with Gasteiger partial charge in [0.25, 0.3) is 11.8 Å². The summed E-state index contributed by atoms with van der Waals surface area (Å²) < 4.78 is 0. The van der Waals surface area contributed by atoms with Gasteiger partial charge in [-0.15, -0.1) is 0 Å². The Kier molecular flexibility index (Phi) is 4.32. The number of fused-ring (bicyclic) bond motifs is 3. The maximum absolute atomic E-state index is 13.2. The van der Waals surface area contributed by atoms with Gasteiger partial charge >= 0.3 is 0 Å². The molecule has 0 radical (unpaired) electrons. The number of hydrogen-bond donors (Lipinski definition) is 1. The lowest BCUT2D eigenvalue weighted by molar-refractivity contribution is -0.124. The number of carbonyl (C=O) groups is 3. The Bertz CT molecular complexity index is 988. The number of nitrogens with zero attached hydrogens (tertiary/aromatic N) is 3. The third-order valence-corrected chi connectivity index (χ3v) is 5.89. The maximum Gasteiger partial charge on any atom is 0.256 e. The molecule has 3 amide bonds. The second kappa shape index (κ2) is 7.00. The lowest BCUT2D eigenvalue weighted by Gasteiger charge is -2.27. The van der Waals surface area contributed by atoms with Crippen molar-refractivity contribution in [3.05, 3.63) is 70.8 Å². The molecule has 3 aliphatic rings. The second-order valence-corrected chi connectivity index (χ2v) is 7.72. The van der Waals surface area contributed by atoms with Crippen LogP contribution in [0.1, 0.15) is 38.0 Å². The second-order valence-electron chi connectivity index (χ2n) is 7.72. The largest absolute Gasteiger partial charge is 0.354 e. The van der Waals surface area contributed by atoms with Gasteiger partial charge in [-0.05, 0) is 23.8 Å². The van der Waals surface area contributed by atoms with E-state index in [2.05, 4.69) is 10.2 Å². The van der Waals surface area contributed by atoms with Gasteiger partial charge in [0.1, 0.15) is 6.17 Å². The van der Waals surface area contributed by atoms with Crippen LogP contribution in [0.15, 0.2) is 48.5 Å². The van der Waals surface area contributed by atoms with Crippen LogP contribution in [0.25, 0.3) is 0 Å². The zero-order chi connectivity index (χ0) is 20.0. The first-order valence-corrected chi connectivity index (χ1v) is 9.91. The summed E-state index contributed by atoms with van der Waals surface area (Å²) in [7, 11) is 0. The number of rotatable bonds is 3. The molecule has 1 N–H and O–H groups in total. The fourth-order valence-corrected chi connectivity index (χ4v) is 4.46. The van der Waals surface area contributed by atoms with Crippen LogP contribution in [-0.2, 0) is 11.3 Å². The Morgan fingerprint density at radius 3 is 2.59 bits per heavy atom. The molecule has 1 unspecified atom stereocenters. The van der Waals surface area contributed by atoms with Gasteiger partial charge in [-0.3, -0.25) is 19.3 Å². The van der Waals surface area contributed by atoms with Crippen LogP contribution >= 0.6 is 0 Å². The number of benzene rings is 2. The smallest absolute Gasteiger partial charge is 0.256 e. The van der Waals surface area contributed by atoms with E-state index in [4.69, 9.17) is 0 Å². The first kappa shape index (κ1) is 17.9. The topological polar surface area (TPSA) is 73.0 Å². The minimum atomic E-state index is -0.308. The molecular formula is C22H22N4O3. The van der Waals surface area contributed by atoms with E-state index in [9.17, 15) is 14.4 Å². The number of nitrogens with one attached hydrogen (secondary N) is 1. The zero-order valence-corrected chi connectivity index (χ0v) is 16.0. The Hall–Kier alpha value is -3.19. The van der Waals surface area contributed by atoms with Crippen LogP contribution in [-0.4, -0.2) is 65.1 Å². The highest BCUT2D eigenvalue weighted by atomic mass is 16.2. The molecule has 0 aliphatic carbocycles. The van der Waals surface area contributed by atoms with Crippen molar-refractivity contribution in [1.29, 1.82) is 0 Å². The predicted octanol–water partition coefficient (Wildman–Crippen LogP) is 1.23. The van der Waals surface area contributed by atoms with E-state index >= 15 is 0 Å². The fourth-order valence-electron chi connectivity index (χ4n) is 4.46. The summed E-state index contributed by atoms with van der Waals surface area (Å²) in [5, 5.41) is 2.82. The highest BCUT2D eigenvalue weighted by Gasteiger charge is 2.45. The van der Waals surface area contributed by atoms with Crippen LogP contribution in [0.2, 0.25) is 0 Å². The lowest BCUT2D eigenvalue weighted by atomic mass is 10.1. The van der Waals surface area contributed by atoms with Crippen molar-refractivity contribution in [3.8, 4) is 0 Å². The zero-order valence-electron chi connectivity index (χ0n) is 16.0. The summed E-state index contributed by atoms with van der Waals surface area (Å²) in [4.78, 5) is 42.9. The first-order chi connectivity index (χ1) is 14.1. The van der Waals surface area contributed by atoms with E-state index in [0.717, 1.165) is 17.7 Å². The van der Waals surface area contributed by atoms with E-state index in [1.165, 1.54) is 0 Å². The van der Waals surface area contributed by atoms with Gasteiger partial charge in [0.05, 0.1) is 6.54 Å². The molecule has 0 saturated carbocycles. The van der Waals surface area contributed by atoms with Gasteiger partial charge in [0, 0.05) is 49.4 Å². The molecule has 148 valence electrons. The predicted molar refractivity (Wildman–Crippen MR) is 106 cm³/mol. The van der Waals surface area contributed by atoms with Gasteiger partial charge in [0.2, 0.25) is 5.91 Å². The normalized spacial score (nSPS) is 21.2. The van der Waals surface area contributed by atoms with Crippen molar-refractivity contribution in [2.24, 2.45) is 0 Å². The third kappa shape index (κ3) is 3.07. The highest BCUT2D eigenvalue weighted by Crippen LogP contribution is 2.39. The average Bonchev–Trinajstić information content (AvgIpc) is 3.29. The number of hydrogen-bond acceptors (Lipinski definition) is 4. The van der Waals surface area contributed by atoms with E-state index in [-0.39, 0.29) is 23.9 Å². The summed E-state index contributed by atoms with van der Waals surface area (Å²) in [6.07, 6.45) is -0.308. The van der Waals surface area contributed by atoms with Crippen LogP contribution < -0.4 is 5.32 Å². The molecule has 0 spiro atoms. The van der Waals surface area contributed by atoms with E-state index in [1.807, 2.05) is 48.5 Å². The van der Waals surface area contributed by atoms with Gasteiger partial charge in [-0.25, -0.2) is 0 Å². The molecule has 7 heteroatoms. The summed E-state index contributed by atoms with van der Waals surface area (Å²) >= 11 is 0. The van der Waals surface area contributed by atoms with Crippen LogP contribution in [0, 0.1) is 0 Å². The molecule has 2 saturated heterocycles. The Morgan fingerprint density at radius 1 is 1.00 bits per heavy atom. The van der Waals surface area contributed by atoms with Gasteiger partial charge in [0.15, 0.2) is 0 Å². The lowest BCUT2D eigenvalue weighted by Crippen LogP contribution is -2.47. The molecule has 7 nitrogen and oxygen atoms in total. The number of amides is 3. The highest BCUT2D eigenvalue weighted by molar-refractivity contribution is 6.01. The summed E-state index contributed by atoms with van der Waals surface area (Å²) in [6, 6.07) is 15.1. The van der Waals surface area contributed by atoms with Crippen LogP contribution in [0.4, 0.5) is 0 Å². The van der Waals surface area contributed by atoms with Crippen molar-refractivity contribution in [2.45, 2.75) is 12.7 Å². The molecule has 2 aromatic carbocycles. The molecular weight excluding hydrogens is 368 g/mol. The fraction of sp³-hybridized carbons (Fsp3) is 0.318. The van der Waals surface area contributed by atoms with Crippen molar-refractivity contribution in [1.82, 2.24) is 20.0 Å². The number of carbonyl (C=O) groups excluding carboxylic acids is 3. The van der Waals surface area contributed by atoms with Gasteiger partial charge in [-0.1, -0.05) is 30.3 Å². The molecule has 0 bridgehead atoms.